The Balaban J connectivity index is 1.94. The fourth-order valence-electron chi connectivity index (χ4n) is 3.79. The van der Waals surface area contributed by atoms with Crippen LogP contribution in [0.4, 0.5) is 24.5 Å². The first-order valence-electron chi connectivity index (χ1n) is 9.97. The monoisotopic (exact) mass is 502 g/mol. The zero-order valence-corrected chi connectivity index (χ0v) is 18.2. The second-order valence-electron chi connectivity index (χ2n) is 7.57. The van der Waals surface area contributed by atoms with Crippen LogP contribution < -0.4 is 4.90 Å². The fraction of sp³-hybridized carbons (Fsp3) is 0.0833. The van der Waals surface area contributed by atoms with E-state index in [1.165, 1.54) is 42.5 Å². The molecule has 3 aromatic rings. The zero-order valence-electron chi connectivity index (χ0n) is 17.5. The van der Waals surface area contributed by atoms with Gasteiger partial charge in [0.25, 0.3) is 17.4 Å². The Morgan fingerprint density at radius 2 is 1.63 bits per heavy atom. The third-order valence-electron chi connectivity index (χ3n) is 5.43. The first-order chi connectivity index (χ1) is 16.5. The summed E-state index contributed by atoms with van der Waals surface area (Å²) in [7, 11) is 0. The number of anilines is 1. The Bertz CT molecular complexity index is 1370. The quantitative estimate of drug-likeness (QED) is 0.157. The van der Waals surface area contributed by atoms with Gasteiger partial charge < -0.3 is 5.11 Å². The number of Topliss-reactive ketones (excluding diaryl/α,β-unsaturated/α-hetero) is 1. The van der Waals surface area contributed by atoms with E-state index in [-0.39, 0.29) is 28.1 Å². The summed E-state index contributed by atoms with van der Waals surface area (Å²) in [4.78, 5) is 37.3. The molecular formula is C24H14ClF3N2O5. The molecule has 1 saturated heterocycles. The van der Waals surface area contributed by atoms with Gasteiger partial charge in [0, 0.05) is 28.4 Å². The van der Waals surface area contributed by atoms with Gasteiger partial charge in [-0.3, -0.25) is 24.6 Å². The molecule has 0 aliphatic carbocycles. The predicted octanol–water partition coefficient (Wildman–Crippen LogP) is 5.89. The zero-order chi connectivity index (χ0) is 25.5. The highest BCUT2D eigenvalue weighted by Gasteiger charge is 2.47. The molecule has 178 valence electrons. The van der Waals surface area contributed by atoms with Gasteiger partial charge in [0.05, 0.1) is 22.1 Å². The lowest BCUT2D eigenvalue weighted by Crippen LogP contribution is -2.29. The van der Waals surface area contributed by atoms with E-state index in [4.69, 9.17) is 11.6 Å². The number of aliphatic hydroxyl groups is 1. The molecule has 7 nitrogen and oxygen atoms in total. The van der Waals surface area contributed by atoms with Crippen molar-refractivity contribution in [2.45, 2.75) is 12.2 Å². The van der Waals surface area contributed by atoms with E-state index in [9.17, 15) is 38.0 Å². The van der Waals surface area contributed by atoms with Crippen molar-refractivity contribution in [1.29, 1.82) is 0 Å². The Morgan fingerprint density at radius 3 is 2.20 bits per heavy atom. The Labute approximate surface area is 200 Å². The molecule has 35 heavy (non-hydrogen) atoms. The standard InChI is InChI=1S/C24H14ClF3N2O5/c25-16-8-4-14(5-9-16)21(31)19-20(13-6-10-17(11-7-13)30(34)35)29(23(33)22(19)32)18-3-1-2-15(12-18)24(26,27)28/h1-12,20,31H/b21-19+. The summed E-state index contributed by atoms with van der Waals surface area (Å²) in [6.07, 6.45) is -4.71. The molecule has 0 radical (unpaired) electrons. The number of nitro groups is 1. The van der Waals surface area contributed by atoms with Crippen molar-refractivity contribution < 1.29 is 32.8 Å². The first kappa shape index (κ1) is 24.0. The van der Waals surface area contributed by atoms with Gasteiger partial charge in [-0.25, -0.2) is 0 Å². The largest absolute Gasteiger partial charge is 0.507 e. The molecule has 1 amide bonds. The number of benzene rings is 3. The minimum absolute atomic E-state index is 0.142. The van der Waals surface area contributed by atoms with Crippen LogP contribution in [0.3, 0.4) is 0 Å². The number of alkyl halides is 3. The highest BCUT2D eigenvalue weighted by atomic mass is 35.5. The van der Waals surface area contributed by atoms with Gasteiger partial charge in [0.1, 0.15) is 5.76 Å². The molecule has 0 saturated carbocycles. The van der Waals surface area contributed by atoms with E-state index >= 15 is 0 Å². The van der Waals surface area contributed by atoms with Crippen molar-refractivity contribution in [1.82, 2.24) is 0 Å². The first-order valence-corrected chi connectivity index (χ1v) is 10.4. The number of hydrogen-bond donors (Lipinski definition) is 1. The second-order valence-corrected chi connectivity index (χ2v) is 8.01. The summed E-state index contributed by atoms with van der Waals surface area (Å²) in [5.41, 5.74) is -1.63. The van der Waals surface area contributed by atoms with Crippen LogP contribution in [0.5, 0.6) is 0 Å². The summed E-state index contributed by atoms with van der Waals surface area (Å²) in [6.45, 7) is 0. The van der Waals surface area contributed by atoms with Crippen molar-refractivity contribution in [2.75, 3.05) is 4.90 Å². The van der Waals surface area contributed by atoms with E-state index in [1.54, 1.807) is 0 Å². The number of ketones is 1. The SMILES string of the molecule is O=C1C(=O)N(c2cccc(C(F)(F)F)c2)C(c2ccc([N+](=O)[O-])cc2)/C1=C(\O)c1ccc(Cl)cc1. The number of nitro benzene ring substituents is 1. The van der Waals surface area contributed by atoms with E-state index in [0.29, 0.717) is 11.1 Å². The molecule has 1 aliphatic heterocycles. The van der Waals surface area contributed by atoms with Crippen LogP contribution in [-0.4, -0.2) is 21.7 Å². The maximum Gasteiger partial charge on any atom is 0.416 e. The normalized spacial score (nSPS) is 17.6. The summed E-state index contributed by atoms with van der Waals surface area (Å²) in [6, 6.07) is 13.0. The van der Waals surface area contributed by atoms with Crippen LogP contribution in [0.15, 0.2) is 78.4 Å². The van der Waals surface area contributed by atoms with E-state index in [0.717, 1.165) is 29.2 Å². The molecule has 11 heteroatoms. The Hall–Kier alpha value is -4.18. The molecular weight excluding hydrogens is 489 g/mol. The minimum atomic E-state index is -4.71. The number of rotatable bonds is 4. The number of hydrogen-bond acceptors (Lipinski definition) is 5. The molecule has 1 atom stereocenters. The van der Waals surface area contributed by atoms with Crippen molar-refractivity contribution in [2.24, 2.45) is 0 Å². The van der Waals surface area contributed by atoms with Gasteiger partial charge in [0.15, 0.2) is 0 Å². The number of carbonyl (C=O) groups excluding carboxylic acids is 2. The van der Waals surface area contributed by atoms with Gasteiger partial charge in [-0.1, -0.05) is 17.7 Å². The second kappa shape index (κ2) is 8.88. The molecule has 1 fully saturated rings. The number of aliphatic hydroxyl groups excluding tert-OH is 1. The summed E-state index contributed by atoms with van der Waals surface area (Å²) in [5, 5.41) is 22.4. The molecule has 1 heterocycles. The highest BCUT2D eigenvalue weighted by Crippen LogP contribution is 2.43. The molecule has 1 unspecified atom stereocenters. The third-order valence-corrected chi connectivity index (χ3v) is 5.69. The molecule has 0 aromatic heterocycles. The molecule has 3 aromatic carbocycles. The highest BCUT2D eigenvalue weighted by molar-refractivity contribution is 6.51. The van der Waals surface area contributed by atoms with Crippen LogP contribution in [0.25, 0.3) is 5.76 Å². The van der Waals surface area contributed by atoms with Crippen molar-refractivity contribution in [3.8, 4) is 0 Å². The summed E-state index contributed by atoms with van der Waals surface area (Å²) in [5.74, 6) is -2.86. The lowest BCUT2D eigenvalue weighted by Gasteiger charge is -2.26. The van der Waals surface area contributed by atoms with Gasteiger partial charge in [-0.2, -0.15) is 13.2 Å². The van der Waals surface area contributed by atoms with Crippen molar-refractivity contribution in [3.63, 3.8) is 0 Å². The molecule has 1 N–H and O–H groups in total. The number of halogens is 4. The number of non-ortho nitro benzene ring substituents is 1. The summed E-state index contributed by atoms with van der Waals surface area (Å²) >= 11 is 5.87. The van der Waals surface area contributed by atoms with Crippen LogP contribution in [0.1, 0.15) is 22.7 Å². The topological polar surface area (TPSA) is 101 Å². The number of nitrogens with zero attached hydrogens (tertiary/aromatic N) is 2. The Kier molecular flexibility index (Phi) is 6.08. The minimum Gasteiger partial charge on any atom is -0.507 e. The van der Waals surface area contributed by atoms with E-state index < -0.39 is 40.2 Å². The van der Waals surface area contributed by atoms with Crippen LogP contribution in [0, 0.1) is 10.1 Å². The van der Waals surface area contributed by atoms with Gasteiger partial charge in [0.2, 0.25) is 0 Å². The van der Waals surface area contributed by atoms with Gasteiger partial charge in [-0.15, -0.1) is 0 Å². The van der Waals surface area contributed by atoms with Crippen LogP contribution in [-0.2, 0) is 15.8 Å². The van der Waals surface area contributed by atoms with Crippen molar-refractivity contribution in [3.05, 3.63) is 110 Å². The van der Waals surface area contributed by atoms with Crippen molar-refractivity contribution >= 4 is 40.4 Å². The molecule has 1 aliphatic rings. The molecule has 4 rings (SSSR count). The smallest absolute Gasteiger partial charge is 0.416 e. The average Bonchev–Trinajstić information content (AvgIpc) is 3.09. The molecule has 0 spiro atoms. The predicted molar refractivity (Wildman–Crippen MR) is 121 cm³/mol. The van der Waals surface area contributed by atoms with Crippen LogP contribution in [0.2, 0.25) is 5.02 Å². The fourth-order valence-corrected chi connectivity index (χ4v) is 3.91. The van der Waals surface area contributed by atoms with Gasteiger partial charge >= 0.3 is 6.18 Å². The maximum atomic E-state index is 13.3. The Morgan fingerprint density at radius 1 is 1.00 bits per heavy atom. The molecule has 0 bridgehead atoms. The van der Waals surface area contributed by atoms with Gasteiger partial charge in [-0.05, 0) is 60.2 Å². The van der Waals surface area contributed by atoms with Crippen LogP contribution >= 0.6 is 11.6 Å². The van der Waals surface area contributed by atoms with E-state index in [1.807, 2.05) is 0 Å². The number of carbonyl (C=O) groups is 2. The third kappa shape index (κ3) is 4.47. The summed E-state index contributed by atoms with van der Waals surface area (Å²) < 4.78 is 40.0. The average molecular weight is 503 g/mol. The van der Waals surface area contributed by atoms with E-state index in [2.05, 4.69) is 0 Å². The number of amides is 1. The lowest BCUT2D eigenvalue weighted by atomic mass is 9.95. The maximum absolute atomic E-state index is 13.3. The lowest BCUT2D eigenvalue weighted by molar-refractivity contribution is -0.384.